The van der Waals surface area contributed by atoms with Crippen LogP contribution in [0.3, 0.4) is 0 Å². The van der Waals surface area contributed by atoms with Gasteiger partial charge in [0.2, 0.25) is 0 Å². The Kier molecular flexibility index (Phi) is 1.93. The predicted octanol–water partition coefficient (Wildman–Crippen LogP) is 4.65. The van der Waals surface area contributed by atoms with Crippen LogP contribution < -0.4 is 0 Å². The molecular weight excluding hydrogens is 216 g/mol. The van der Waals surface area contributed by atoms with Gasteiger partial charge in [-0.15, -0.1) is 0 Å². The Morgan fingerprint density at radius 2 is 1.56 bits per heavy atom. The SMILES string of the molecule is CC1(C)c2ccccc2-c2cc(Cl)ccc21. The van der Waals surface area contributed by atoms with Crippen molar-refractivity contribution in [2.45, 2.75) is 19.3 Å². The highest BCUT2D eigenvalue weighted by atomic mass is 35.5. The average molecular weight is 229 g/mol. The molecule has 2 aromatic rings. The quantitative estimate of drug-likeness (QED) is 0.616. The van der Waals surface area contributed by atoms with Gasteiger partial charge in [-0.2, -0.15) is 0 Å². The molecule has 0 nitrogen and oxygen atoms in total. The summed E-state index contributed by atoms with van der Waals surface area (Å²) in [6, 6.07) is 14.8. The van der Waals surface area contributed by atoms with Crippen LogP contribution >= 0.6 is 11.6 Å². The van der Waals surface area contributed by atoms with E-state index in [-0.39, 0.29) is 5.41 Å². The fourth-order valence-electron chi connectivity index (χ4n) is 2.69. The average Bonchev–Trinajstić information content (AvgIpc) is 2.49. The first-order chi connectivity index (χ1) is 7.60. The van der Waals surface area contributed by atoms with Gasteiger partial charge in [0.15, 0.2) is 0 Å². The molecule has 0 radical (unpaired) electrons. The van der Waals surface area contributed by atoms with E-state index in [9.17, 15) is 0 Å². The van der Waals surface area contributed by atoms with E-state index in [1.165, 1.54) is 22.3 Å². The molecule has 0 spiro atoms. The Hall–Kier alpha value is -1.27. The second kappa shape index (κ2) is 3.11. The van der Waals surface area contributed by atoms with Gasteiger partial charge in [-0.1, -0.05) is 55.8 Å². The van der Waals surface area contributed by atoms with E-state index >= 15 is 0 Å². The molecule has 1 aliphatic carbocycles. The summed E-state index contributed by atoms with van der Waals surface area (Å²) in [5.41, 5.74) is 5.47. The molecule has 0 heterocycles. The summed E-state index contributed by atoms with van der Waals surface area (Å²) in [4.78, 5) is 0. The molecule has 0 bridgehead atoms. The molecule has 3 rings (SSSR count). The first kappa shape index (κ1) is 9.92. The molecule has 16 heavy (non-hydrogen) atoms. The van der Waals surface area contributed by atoms with E-state index in [4.69, 9.17) is 11.6 Å². The molecule has 1 heteroatoms. The summed E-state index contributed by atoms with van der Waals surface area (Å²) in [5.74, 6) is 0. The molecule has 0 N–H and O–H groups in total. The van der Waals surface area contributed by atoms with Crippen molar-refractivity contribution < 1.29 is 0 Å². The molecule has 0 aromatic heterocycles. The largest absolute Gasteiger partial charge is 0.0843 e. The van der Waals surface area contributed by atoms with Crippen molar-refractivity contribution in [3.8, 4) is 11.1 Å². The minimum absolute atomic E-state index is 0.0938. The van der Waals surface area contributed by atoms with Gasteiger partial charge in [-0.05, 0) is 34.4 Å². The highest BCUT2D eigenvalue weighted by molar-refractivity contribution is 6.31. The van der Waals surface area contributed by atoms with Crippen LogP contribution in [0.5, 0.6) is 0 Å². The summed E-state index contributed by atoms with van der Waals surface area (Å²) < 4.78 is 0. The van der Waals surface area contributed by atoms with Gasteiger partial charge in [0.05, 0.1) is 0 Å². The highest BCUT2D eigenvalue weighted by Gasteiger charge is 2.34. The molecule has 0 saturated carbocycles. The van der Waals surface area contributed by atoms with Crippen LogP contribution in [-0.4, -0.2) is 0 Å². The maximum atomic E-state index is 6.08. The van der Waals surface area contributed by atoms with Crippen molar-refractivity contribution in [3.63, 3.8) is 0 Å². The Labute approximate surface area is 101 Å². The van der Waals surface area contributed by atoms with Gasteiger partial charge in [-0.25, -0.2) is 0 Å². The summed E-state index contributed by atoms with van der Waals surface area (Å²) in [6.07, 6.45) is 0. The molecular formula is C15H13Cl. The third-order valence-corrected chi connectivity index (χ3v) is 3.78. The number of hydrogen-bond acceptors (Lipinski definition) is 0. The lowest BCUT2D eigenvalue weighted by Crippen LogP contribution is -2.14. The Morgan fingerprint density at radius 1 is 0.875 bits per heavy atom. The first-order valence-corrected chi connectivity index (χ1v) is 5.88. The van der Waals surface area contributed by atoms with Crippen LogP contribution in [0.2, 0.25) is 5.02 Å². The van der Waals surface area contributed by atoms with Gasteiger partial charge in [0.25, 0.3) is 0 Å². The second-order valence-corrected chi connectivity index (χ2v) is 5.30. The highest BCUT2D eigenvalue weighted by Crippen LogP contribution is 2.48. The zero-order valence-electron chi connectivity index (χ0n) is 9.42. The zero-order chi connectivity index (χ0) is 11.3. The van der Waals surface area contributed by atoms with E-state index in [0.29, 0.717) is 0 Å². The molecule has 0 saturated heterocycles. The number of fused-ring (bicyclic) bond motifs is 3. The molecule has 0 unspecified atom stereocenters. The maximum absolute atomic E-state index is 6.08. The number of benzene rings is 2. The van der Waals surface area contributed by atoms with E-state index in [0.717, 1.165) is 5.02 Å². The maximum Gasteiger partial charge on any atom is 0.0412 e. The van der Waals surface area contributed by atoms with Crippen LogP contribution in [-0.2, 0) is 5.41 Å². The van der Waals surface area contributed by atoms with Crippen LogP contribution in [0.15, 0.2) is 42.5 Å². The lowest BCUT2D eigenvalue weighted by molar-refractivity contribution is 0.660. The topological polar surface area (TPSA) is 0 Å². The molecule has 1 aliphatic rings. The van der Waals surface area contributed by atoms with Crippen LogP contribution in [0.4, 0.5) is 0 Å². The number of rotatable bonds is 0. The Morgan fingerprint density at radius 3 is 2.38 bits per heavy atom. The first-order valence-electron chi connectivity index (χ1n) is 5.50. The van der Waals surface area contributed by atoms with Gasteiger partial charge < -0.3 is 0 Å². The summed E-state index contributed by atoms with van der Waals surface area (Å²) in [7, 11) is 0. The molecule has 2 aromatic carbocycles. The molecule has 0 fully saturated rings. The van der Waals surface area contributed by atoms with Crippen molar-refractivity contribution in [1.29, 1.82) is 0 Å². The Bertz CT molecular complexity index is 567. The van der Waals surface area contributed by atoms with E-state index in [1.54, 1.807) is 0 Å². The van der Waals surface area contributed by atoms with Crippen molar-refractivity contribution in [1.82, 2.24) is 0 Å². The second-order valence-electron chi connectivity index (χ2n) is 4.86. The summed E-state index contributed by atoms with van der Waals surface area (Å²) in [5, 5.41) is 0.811. The fourth-order valence-corrected chi connectivity index (χ4v) is 2.86. The molecule has 80 valence electrons. The van der Waals surface area contributed by atoms with Gasteiger partial charge in [0.1, 0.15) is 0 Å². The third-order valence-electron chi connectivity index (χ3n) is 3.55. The van der Waals surface area contributed by atoms with Crippen LogP contribution in [0, 0.1) is 0 Å². The zero-order valence-corrected chi connectivity index (χ0v) is 10.2. The predicted molar refractivity (Wildman–Crippen MR) is 69.0 cm³/mol. The normalized spacial score (nSPS) is 15.7. The van der Waals surface area contributed by atoms with Gasteiger partial charge >= 0.3 is 0 Å². The standard InChI is InChI=1S/C15H13Cl/c1-15(2)13-6-4-3-5-11(13)12-9-10(16)7-8-14(12)15/h3-9H,1-2H3. The minimum atomic E-state index is 0.0938. The smallest absolute Gasteiger partial charge is 0.0412 e. The van der Waals surface area contributed by atoms with E-state index in [1.807, 2.05) is 6.07 Å². The monoisotopic (exact) mass is 228 g/mol. The molecule has 0 aliphatic heterocycles. The summed E-state index contributed by atoms with van der Waals surface area (Å²) >= 11 is 6.08. The lowest BCUT2D eigenvalue weighted by Gasteiger charge is -2.21. The lowest BCUT2D eigenvalue weighted by atomic mass is 9.82. The van der Waals surface area contributed by atoms with E-state index in [2.05, 4.69) is 50.2 Å². The molecule has 0 amide bonds. The van der Waals surface area contributed by atoms with Crippen molar-refractivity contribution in [2.24, 2.45) is 0 Å². The third kappa shape index (κ3) is 1.17. The van der Waals surface area contributed by atoms with Crippen molar-refractivity contribution in [3.05, 3.63) is 58.6 Å². The van der Waals surface area contributed by atoms with Gasteiger partial charge in [-0.3, -0.25) is 0 Å². The summed E-state index contributed by atoms with van der Waals surface area (Å²) in [6.45, 7) is 4.54. The van der Waals surface area contributed by atoms with Crippen molar-refractivity contribution in [2.75, 3.05) is 0 Å². The van der Waals surface area contributed by atoms with Crippen LogP contribution in [0.1, 0.15) is 25.0 Å². The number of halogens is 1. The minimum Gasteiger partial charge on any atom is -0.0843 e. The Balaban J connectivity index is 2.40. The van der Waals surface area contributed by atoms with Gasteiger partial charge in [0, 0.05) is 10.4 Å². The van der Waals surface area contributed by atoms with Crippen molar-refractivity contribution >= 4 is 11.6 Å². The molecule has 0 atom stereocenters. The number of hydrogen-bond donors (Lipinski definition) is 0. The van der Waals surface area contributed by atoms with E-state index < -0.39 is 0 Å². The van der Waals surface area contributed by atoms with Crippen LogP contribution in [0.25, 0.3) is 11.1 Å². The fraction of sp³-hybridized carbons (Fsp3) is 0.200.